The van der Waals surface area contributed by atoms with Gasteiger partial charge in [0.15, 0.2) is 11.6 Å². The van der Waals surface area contributed by atoms with Gasteiger partial charge in [0.25, 0.3) is 0 Å². The topological polar surface area (TPSA) is 30.5 Å². The molecular weight excluding hydrogens is 337 g/mol. The molecule has 3 nitrogen and oxygen atoms in total. The van der Waals surface area contributed by atoms with Gasteiger partial charge in [0, 0.05) is 24.7 Å². The molecule has 112 valence electrons. The van der Waals surface area contributed by atoms with Crippen LogP contribution in [0, 0.1) is 5.82 Å². The monoisotopic (exact) mass is 353 g/mol. The summed E-state index contributed by atoms with van der Waals surface area (Å²) >= 11 is 3.21. The number of hydrogen-bond donors (Lipinski definition) is 1. The molecule has 0 radical (unpaired) electrons. The smallest absolute Gasteiger partial charge is 0.166 e. The first kappa shape index (κ1) is 15.9. The van der Waals surface area contributed by atoms with E-state index in [4.69, 9.17) is 9.47 Å². The van der Waals surface area contributed by atoms with Gasteiger partial charge in [-0.1, -0.05) is 28.1 Å². The maximum Gasteiger partial charge on any atom is 0.166 e. The van der Waals surface area contributed by atoms with Crippen molar-refractivity contribution in [1.82, 2.24) is 5.32 Å². The highest BCUT2D eigenvalue weighted by atomic mass is 79.9. The summed E-state index contributed by atoms with van der Waals surface area (Å²) in [6.45, 7) is 2.25. The Balaban J connectivity index is 1.92. The van der Waals surface area contributed by atoms with Crippen molar-refractivity contribution < 1.29 is 13.9 Å². The molecule has 1 N–H and O–H groups in total. The fraction of sp³-hybridized carbons (Fsp3) is 0.250. The quantitative estimate of drug-likeness (QED) is 0.759. The zero-order valence-electron chi connectivity index (χ0n) is 11.7. The normalized spacial score (nSPS) is 10.6. The molecule has 0 saturated heterocycles. The Labute approximate surface area is 132 Å². The zero-order chi connectivity index (χ0) is 15.1. The maximum atomic E-state index is 13.7. The molecular formula is C16H17BrFNO2. The minimum Gasteiger partial charge on any atom is -0.454 e. The summed E-state index contributed by atoms with van der Waals surface area (Å²) in [7, 11) is 1.68. The summed E-state index contributed by atoms with van der Waals surface area (Å²) in [6, 6.07) is 12.3. The van der Waals surface area contributed by atoms with Crippen LogP contribution in [0.4, 0.5) is 4.39 Å². The Bertz CT molecular complexity index is 575. The number of benzene rings is 2. The predicted octanol–water partition coefficient (Wildman–Crippen LogP) is 4.12. The number of ether oxygens (including phenoxy) is 2. The summed E-state index contributed by atoms with van der Waals surface area (Å²) in [6.07, 6.45) is 0. The summed E-state index contributed by atoms with van der Waals surface area (Å²) < 4.78 is 24.9. The van der Waals surface area contributed by atoms with Gasteiger partial charge in [0.05, 0.1) is 6.61 Å². The molecule has 0 spiro atoms. The first-order valence-electron chi connectivity index (χ1n) is 6.60. The van der Waals surface area contributed by atoms with Crippen LogP contribution >= 0.6 is 15.9 Å². The van der Waals surface area contributed by atoms with Gasteiger partial charge in [-0.25, -0.2) is 4.39 Å². The van der Waals surface area contributed by atoms with E-state index in [2.05, 4.69) is 21.2 Å². The first-order valence-corrected chi connectivity index (χ1v) is 7.40. The molecule has 0 aliphatic rings. The molecule has 21 heavy (non-hydrogen) atoms. The van der Waals surface area contributed by atoms with Gasteiger partial charge in [-0.05, 0) is 35.9 Å². The summed E-state index contributed by atoms with van der Waals surface area (Å²) in [5.41, 5.74) is 1.13. The van der Waals surface area contributed by atoms with Crippen molar-refractivity contribution in [3.05, 3.63) is 58.3 Å². The summed E-state index contributed by atoms with van der Waals surface area (Å²) in [5, 5.41) is 3.26. The Morgan fingerprint density at radius 2 is 1.90 bits per heavy atom. The van der Waals surface area contributed by atoms with E-state index in [0.29, 0.717) is 16.8 Å². The summed E-state index contributed by atoms with van der Waals surface area (Å²) in [4.78, 5) is 0. The second kappa shape index (κ2) is 8.12. The zero-order valence-corrected chi connectivity index (χ0v) is 13.3. The molecule has 2 rings (SSSR count). The van der Waals surface area contributed by atoms with Crippen molar-refractivity contribution in [2.45, 2.75) is 6.54 Å². The lowest BCUT2D eigenvalue weighted by atomic mass is 10.2. The van der Waals surface area contributed by atoms with Crippen molar-refractivity contribution in [3.63, 3.8) is 0 Å². The molecule has 2 aromatic rings. The van der Waals surface area contributed by atoms with Crippen molar-refractivity contribution in [1.29, 1.82) is 0 Å². The van der Waals surface area contributed by atoms with Crippen LogP contribution in [0.1, 0.15) is 5.56 Å². The third kappa shape index (κ3) is 5.12. The molecule has 0 saturated carbocycles. The van der Waals surface area contributed by atoms with Crippen molar-refractivity contribution in [2.75, 3.05) is 20.3 Å². The lowest BCUT2D eigenvalue weighted by molar-refractivity contribution is 0.199. The number of nitrogens with one attached hydrogen (secondary N) is 1. The standard InChI is InChI=1S/C16H17BrFNO2/c1-20-9-8-19-11-12-2-5-14(6-3-12)21-16-7-4-13(17)10-15(16)18/h2-7,10,19H,8-9,11H2,1H3. The fourth-order valence-electron chi connectivity index (χ4n) is 1.77. The third-order valence-electron chi connectivity index (χ3n) is 2.86. The molecule has 0 unspecified atom stereocenters. The van der Waals surface area contributed by atoms with E-state index in [1.807, 2.05) is 24.3 Å². The van der Waals surface area contributed by atoms with E-state index < -0.39 is 5.82 Å². The van der Waals surface area contributed by atoms with Crippen LogP contribution in [0.5, 0.6) is 11.5 Å². The molecule has 0 atom stereocenters. The highest BCUT2D eigenvalue weighted by Crippen LogP contribution is 2.26. The summed E-state index contributed by atoms with van der Waals surface area (Å²) in [5.74, 6) is 0.427. The number of rotatable bonds is 7. The van der Waals surface area contributed by atoms with Crippen LogP contribution in [0.25, 0.3) is 0 Å². The van der Waals surface area contributed by atoms with E-state index >= 15 is 0 Å². The van der Waals surface area contributed by atoms with E-state index in [1.165, 1.54) is 6.07 Å². The molecule has 0 amide bonds. The Hall–Kier alpha value is -1.43. The molecule has 0 fully saturated rings. The second-order valence-electron chi connectivity index (χ2n) is 4.49. The second-order valence-corrected chi connectivity index (χ2v) is 5.41. The first-order chi connectivity index (χ1) is 10.2. The Morgan fingerprint density at radius 1 is 1.14 bits per heavy atom. The fourth-order valence-corrected chi connectivity index (χ4v) is 2.10. The maximum absolute atomic E-state index is 13.7. The van der Waals surface area contributed by atoms with Gasteiger partial charge in [-0.3, -0.25) is 0 Å². The van der Waals surface area contributed by atoms with E-state index in [0.717, 1.165) is 18.7 Å². The lowest BCUT2D eigenvalue weighted by Gasteiger charge is -2.08. The van der Waals surface area contributed by atoms with Gasteiger partial charge in [0.1, 0.15) is 5.75 Å². The Kier molecular flexibility index (Phi) is 6.17. The minimum absolute atomic E-state index is 0.212. The molecule has 0 aliphatic carbocycles. The molecule has 0 heterocycles. The van der Waals surface area contributed by atoms with Crippen LogP contribution in [-0.4, -0.2) is 20.3 Å². The van der Waals surface area contributed by atoms with Gasteiger partial charge >= 0.3 is 0 Å². The van der Waals surface area contributed by atoms with Crippen molar-refractivity contribution >= 4 is 15.9 Å². The van der Waals surface area contributed by atoms with E-state index in [9.17, 15) is 4.39 Å². The average molecular weight is 354 g/mol. The molecule has 0 bridgehead atoms. The van der Waals surface area contributed by atoms with E-state index in [-0.39, 0.29) is 5.75 Å². The highest BCUT2D eigenvalue weighted by Gasteiger charge is 2.05. The number of halogens is 2. The van der Waals surface area contributed by atoms with Gasteiger partial charge < -0.3 is 14.8 Å². The Morgan fingerprint density at radius 3 is 2.57 bits per heavy atom. The van der Waals surface area contributed by atoms with E-state index in [1.54, 1.807) is 19.2 Å². The number of methoxy groups -OCH3 is 1. The van der Waals surface area contributed by atoms with Crippen LogP contribution in [0.15, 0.2) is 46.9 Å². The van der Waals surface area contributed by atoms with Crippen LogP contribution < -0.4 is 10.1 Å². The minimum atomic E-state index is -0.394. The third-order valence-corrected chi connectivity index (χ3v) is 3.35. The van der Waals surface area contributed by atoms with Gasteiger partial charge in [-0.2, -0.15) is 0 Å². The van der Waals surface area contributed by atoms with Crippen LogP contribution in [0.2, 0.25) is 0 Å². The SMILES string of the molecule is COCCNCc1ccc(Oc2ccc(Br)cc2F)cc1. The largest absolute Gasteiger partial charge is 0.454 e. The van der Waals surface area contributed by atoms with Gasteiger partial charge in [0.2, 0.25) is 0 Å². The van der Waals surface area contributed by atoms with Crippen LogP contribution in [-0.2, 0) is 11.3 Å². The van der Waals surface area contributed by atoms with Crippen molar-refractivity contribution in [3.8, 4) is 11.5 Å². The predicted molar refractivity (Wildman–Crippen MR) is 84.2 cm³/mol. The number of hydrogen-bond acceptors (Lipinski definition) is 3. The average Bonchev–Trinajstić information content (AvgIpc) is 2.48. The van der Waals surface area contributed by atoms with Crippen molar-refractivity contribution in [2.24, 2.45) is 0 Å². The van der Waals surface area contributed by atoms with Gasteiger partial charge in [-0.15, -0.1) is 0 Å². The lowest BCUT2D eigenvalue weighted by Crippen LogP contribution is -2.18. The molecule has 2 aromatic carbocycles. The van der Waals surface area contributed by atoms with Crippen LogP contribution in [0.3, 0.4) is 0 Å². The molecule has 0 aliphatic heterocycles. The highest BCUT2D eigenvalue weighted by molar-refractivity contribution is 9.10. The molecule has 0 aromatic heterocycles. The molecule has 5 heteroatoms.